The highest BCUT2D eigenvalue weighted by Gasteiger charge is 2.60. The highest BCUT2D eigenvalue weighted by Crippen LogP contribution is 2.70. The Labute approximate surface area is 126 Å². The van der Waals surface area contributed by atoms with Gasteiger partial charge in [0, 0.05) is 18.6 Å². The Morgan fingerprint density at radius 2 is 1.62 bits per heavy atom. The molecule has 2 unspecified atom stereocenters. The van der Waals surface area contributed by atoms with Gasteiger partial charge in [-0.05, 0) is 18.8 Å². The summed E-state index contributed by atoms with van der Waals surface area (Å²) >= 11 is 0.990. The molecule has 21 heavy (non-hydrogen) atoms. The molecule has 8 nitrogen and oxygen atoms in total. The normalized spacial score (nSPS) is 24.9. The second-order valence-electron chi connectivity index (χ2n) is 5.26. The molecule has 1 rings (SSSR count). The van der Waals surface area contributed by atoms with Gasteiger partial charge < -0.3 is 24.7 Å². The van der Waals surface area contributed by atoms with E-state index in [1.807, 2.05) is 0 Å². The van der Waals surface area contributed by atoms with Crippen molar-refractivity contribution in [2.24, 2.45) is 5.92 Å². The second kappa shape index (κ2) is 6.81. The van der Waals surface area contributed by atoms with Crippen molar-refractivity contribution in [3.8, 4) is 0 Å². The van der Waals surface area contributed by atoms with Gasteiger partial charge in [-0.25, -0.2) is 0 Å². The maximum atomic E-state index is 11.4. The fourth-order valence-electron chi connectivity index (χ4n) is 2.53. The zero-order valence-corrected chi connectivity index (χ0v) is 14.1. The second-order valence-corrected chi connectivity index (χ2v) is 10.7. The SMILES string of the molecule is CC(=O)SC1CCCCC1CC(O)(P(=O)(O)O)P(=O)(O)O. The number of carbonyl (C=O) groups is 1. The van der Waals surface area contributed by atoms with Gasteiger partial charge in [0.05, 0.1) is 0 Å². The van der Waals surface area contributed by atoms with Crippen molar-refractivity contribution in [1.82, 2.24) is 0 Å². The monoisotopic (exact) mass is 362 g/mol. The number of rotatable bonds is 5. The lowest BCUT2D eigenvalue weighted by Gasteiger charge is -2.37. The third-order valence-corrected chi connectivity index (χ3v) is 8.68. The molecule has 0 bridgehead atoms. The van der Waals surface area contributed by atoms with Crippen LogP contribution in [0.3, 0.4) is 0 Å². The van der Waals surface area contributed by atoms with Crippen LogP contribution in [0.5, 0.6) is 0 Å². The van der Waals surface area contributed by atoms with Crippen molar-refractivity contribution in [3.63, 3.8) is 0 Å². The molecular weight excluding hydrogens is 342 g/mol. The molecule has 0 aromatic rings. The Kier molecular flexibility index (Phi) is 6.26. The first-order valence-electron chi connectivity index (χ1n) is 6.39. The molecule has 0 aliphatic heterocycles. The molecule has 1 aliphatic rings. The quantitative estimate of drug-likeness (QED) is 0.454. The Bertz CT molecular complexity index is 461. The van der Waals surface area contributed by atoms with Gasteiger partial charge in [-0.15, -0.1) is 0 Å². The van der Waals surface area contributed by atoms with E-state index in [-0.39, 0.29) is 10.4 Å². The molecule has 5 N–H and O–H groups in total. The zero-order chi connectivity index (χ0) is 16.5. The fraction of sp³-hybridized carbons (Fsp3) is 0.900. The summed E-state index contributed by atoms with van der Waals surface area (Å²) in [6, 6.07) is 0. The molecule has 1 saturated carbocycles. The van der Waals surface area contributed by atoms with Crippen LogP contribution in [0.1, 0.15) is 39.0 Å². The maximum absolute atomic E-state index is 11.4. The van der Waals surface area contributed by atoms with Gasteiger partial charge in [-0.1, -0.05) is 24.6 Å². The van der Waals surface area contributed by atoms with Crippen LogP contribution in [0.2, 0.25) is 0 Å². The molecule has 0 saturated heterocycles. The van der Waals surface area contributed by atoms with E-state index in [1.165, 1.54) is 6.92 Å². The van der Waals surface area contributed by atoms with E-state index >= 15 is 0 Å². The predicted molar refractivity (Wildman–Crippen MR) is 77.7 cm³/mol. The van der Waals surface area contributed by atoms with Crippen LogP contribution in [-0.4, -0.2) is 40.1 Å². The number of hydrogen-bond acceptors (Lipinski definition) is 5. The Morgan fingerprint density at radius 3 is 2.05 bits per heavy atom. The molecule has 0 amide bonds. The summed E-state index contributed by atoms with van der Waals surface area (Å²) in [5.74, 6) is -0.544. The van der Waals surface area contributed by atoms with Gasteiger partial charge in [0.15, 0.2) is 5.12 Å². The Balaban J connectivity index is 3.04. The molecule has 0 heterocycles. The van der Waals surface area contributed by atoms with Gasteiger partial charge in [0.25, 0.3) is 5.08 Å². The third kappa shape index (κ3) is 4.62. The molecular formula is C10H20O8P2S. The number of thioether (sulfide) groups is 1. The van der Waals surface area contributed by atoms with Crippen molar-refractivity contribution in [3.05, 3.63) is 0 Å². The fourth-order valence-corrected chi connectivity index (χ4v) is 5.97. The molecule has 11 heteroatoms. The number of aliphatic hydroxyl groups is 1. The molecule has 0 aromatic carbocycles. The first-order valence-corrected chi connectivity index (χ1v) is 10.5. The lowest BCUT2D eigenvalue weighted by atomic mass is 9.86. The van der Waals surface area contributed by atoms with Crippen molar-refractivity contribution in [1.29, 1.82) is 0 Å². The zero-order valence-electron chi connectivity index (χ0n) is 11.5. The molecule has 124 valence electrons. The first-order chi connectivity index (χ1) is 9.38. The Hall–Kier alpha value is 0.280. The van der Waals surface area contributed by atoms with E-state index in [0.717, 1.165) is 24.6 Å². The molecule has 1 aliphatic carbocycles. The average Bonchev–Trinajstić information content (AvgIpc) is 2.28. The van der Waals surface area contributed by atoms with Gasteiger partial charge in [0.2, 0.25) is 0 Å². The molecule has 0 aromatic heterocycles. The van der Waals surface area contributed by atoms with Crippen LogP contribution < -0.4 is 0 Å². The van der Waals surface area contributed by atoms with Crippen molar-refractivity contribution >= 4 is 32.1 Å². The molecule has 0 spiro atoms. The van der Waals surface area contributed by atoms with Gasteiger partial charge in [-0.3, -0.25) is 13.9 Å². The summed E-state index contributed by atoms with van der Waals surface area (Å²) in [6.07, 6.45) is 1.87. The summed E-state index contributed by atoms with van der Waals surface area (Å²) in [5.41, 5.74) is 0. The summed E-state index contributed by atoms with van der Waals surface area (Å²) < 4.78 is 22.8. The standard InChI is InChI=1S/C10H20O8P2S/c1-7(11)21-9-5-3-2-4-8(9)6-10(12,19(13,14)15)20(16,17)18/h8-9,12H,2-6H2,1H3,(H2,13,14,15)(H2,16,17,18). The topological polar surface area (TPSA) is 152 Å². The van der Waals surface area contributed by atoms with Crippen LogP contribution in [0.25, 0.3) is 0 Å². The highest BCUT2D eigenvalue weighted by molar-refractivity contribution is 8.14. The minimum Gasteiger partial charge on any atom is -0.368 e. The minimum atomic E-state index is -5.44. The lowest BCUT2D eigenvalue weighted by molar-refractivity contribution is -0.109. The number of hydrogen-bond donors (Lipinski definition) is 5. The van der Waals surface area contributed by atoms with E-state index in [2.05, 4.69) is 0 Å². The summed E-state index contributed by atoms with van der Waals surface area (Å²) in [6.45, 7) is 1.36. The van der Waals surface area contributed by atoms with Crippen LogP contribution in [0.15, 0.2) is 0 Å². The first kappa shape index (κ1) is 19.3. The van der Waals surface area contributed by atoms with Gasteiger partial charge in [-0.2, -0.15) is 0 Å². The largest absolute Gasteiger partial charge is 0.369 e. The lowest BCUT2D eigenvalue weighted by Crippen LogP contribution is -2.36. The molecule has 0 radical (unpaired) electrons. The minimum absolute atomic E-state index is 0.178. The van der Waals surface area contributed by atoms with Crippen molar-refractivity contribution in [2.45, 2.75) is 49.4 Å². The molecule has 1 fully saturated rings. The van der Waals surface area contributed by atoms with Crippen LogP contribution in [-0.2, 0) is 13.9 Å². The van der Waals surface area contributed by atoms with E-state index in [9.17, 15) is 19.0 Å². The maximum Gasteiger partial charge on any atom is 0.369 e. The van der Waals surface area contributed by atoms with E-state index in [4.69, 9.17) is 19.6 Å². The van der Waals surface area contributed by atoms with Crippen molar-refractivity contribution in [2.75, 3.05) is 0 Å². The van der Waals surface area contributed by atoms with E-state index in [0.29, 0.717) is 12.8 Å². The van der Waals surface area contributed by atoms with E-state index in [1.54, 1.807) is 0 Å². The van der Waals surface area contributed by atoms with Crippen molar-refractivity contribution < 1.29 is 38.6 Å². The average molecular weight is 362 g/mol. The van der Waals surface area contributed by atoms with Crippen LogP contribution >= 0.6 is 27.0 Å². The van der Waals surface area contributed by atoms with Gasteiger partial charge >= 0.3 is 15.2 Å². The third-order valence-electron chi connectivity index (χ3n) is 3.63. The summed E-state index contributed by atoms with van der Waals surface area (Å²) in [4.78, 5) is 47.9. The number of carbonyl (C=O) groups excluding carboxylic acids is 1. The van der Waals surface area contributed by atoms with Crippen LogP contribution in [0.4, 0.5) is 0 Å². The Morgan fingerprint density at radius 1 is 1.14 bits per heavy atom. The summed E-state index contributed by atoms with van der Waals surface area (Å²) in [5, 5.41) is 6.09. The smallest absolute Gasteiger partial charge is 0.368 e. The van der Waals surface area contributed by atoms with Gasteiger partial charge in [0.1, 0.15) is 0 Å². The van der Waals surface area contributed by atoms with E-state index < -0.39 is 32.6 Å². The highest BCUT2D eigenvalue weighted by atomic mass is 32.2. The predicted octanol–water partition coefficient (Wildman–Crippen LogP) is 1.22. The van der Waals surface area contributed by atoms with Crippen LogP contribution in [0, 0.1) is 5.92 Å². The molecule has 2 atom stereocenters. The summed E-state index contributed by atoms with van der Waals surface area (Å²) in [7, 11) is -10.9.